The van der Waals surface area contributed by atoms with E-state index in [0.717, 1.165) is 0 Å². The maximum absolute atomic E-state index is 11.5. The number of carboxylic acids is 1. The Morgan fingerprint density at radius 2 is 1.94 bits per heavy atom. The van der Waals surface area contributed by atoms with Gasteiger partial charge in [-0.1, -0.05) is 12.1 Å². The van der Waals surface area contributed by atoms with Gasteiger partial charge in [-0.25, -0.2) is 4.79 Å². The maximum Gasteiger partial charge on any atom is 0.335 e. The van der Waals surface area contributed by atoms with Gasteiger partial charge in [0.15, 0.2) is 0 Å². The Kier molecular flexibility index (Phi) is 2.51. The molecule has 1 aliphatic rings. The predicted molar refractivity (Wildman–Crippen MR) is 59.1 cm³/mol. The van der Waals surface area contributed by atoms with Crippen LogP contribution < -0.4 is 5.32 Å². The quantitative estimate of drug-likeness (QED) is 0.738. The largest absolute Gasteiger partial charge is 0.478 e. The monoisotopic (exact) mass is 231 g/mol. The lowest BCUT2D eigenvalue weighted by Crippen LogP contribution is -2.22. The number of amides is 2. The number of imide groups is 1. The SMILES string of the molecule is CC1=C(c2cccc(C(=O)O)c2)C(=O)NC1=O. The van der Waals surface area contributed by atoms with Crippen molar-refractivity contribution in [3.63, 3.8) is 0 Å². The number of aromatic carboxylic acids is 1. The lowest BCUT2D eigenvalue weighted by molar-refractivity contribution is -0.123. The number of nitrogens with one attached hydrogen (secondary N) is 1. The van der Waals surface area contributed by atoms with Crippen molar-refractivity contribution in [3.8, 4) is 0 Å². The third kappa shape index (κ3) is 1.82. The van der Waals surface area contributed by atoms with Gasteiger partial charge in [0, 0.05) is 5.57 Å². The number of carbonyl (C=O) groups excluding carboxylic acids is 2. The maximum atomic E-state index is 11.5. The smallest absolute Gasteiger partial charge is 0.335 e. The Hall–Kier alpha value is -2.43. The van der Waals surface area contributed by atoms with Gasteiger partial charge in [0.25, 0.3) is 11.8 Å². The van der Waals surface area contributed by atoms with Gasteiger partial charge in [0.1, 0.15) is 0 Å². The van der Waals surface area contributed by atoms with E-state index >= 15 is 0 Å². The summed E-state index contributed by atoms with van der Waals surface area (Å²) >= 11 is 0. The van der Waals surface area contributed by atoms with Crippen LogP contribution >= 0.6 is 0 Å². The molecule has 1 aromatic rings. The minimum absolute atomic E-state index is 0.0787. The molecule has 0 radical (unpaired) electrons. The number of hydrogen-bond acceptors (Lipinski definition) is 3. The van der Waals surface area contributed by atoms with Gasteiger partial charge in [-0.05, 0) is 24.6 Å². The zero-order chi connectivity index (χ0) is 12.6. The fourth-order valence-electron chi connectivity index (χ4n) is 1.70. The van der Waals surface area contributed by atoms with E-state index in [2.05, 4.69) is 5.32 Å². The average molecular weight is 231 g/mol. The van der Waals surface area contributed by atoms with Crippen LogP contribution in [0, 0.1) is 0 Å². The van der Waals surface area contributed by atoms with Gasteiger partial charge < -0.3 is 5.11 Å². The number of benzene rings is 1. The molecule has 0 fully saturated rings. The lowest BCUT2D eigenvalue weighted by atomic mass is 10.0. The van der Waals surface area contributed by atoms with Crippen LogP contribution in [-0.2, 0) is 9.59 Å². The highest BCUT2D eigenvalue weighted by atomic mass is 16.4. The van der Waals surface area contributed by atoms with E-state index in [1.54, 1.807) is 6.07 Å². The number of rotatable bonds is 2. The zero-order valence-corrected chi connectivity index (χ0v) is 8.98. The van der Waals surface area contributed by atoms with E-state index in [9.17, 15) is 14.4 Å². The first-order chi connectivity index (χ1) is 8.00. The minimum atomic E-state index is -1.07. The summed E-state index contributed by atoms with van der Waals surface area (Å²) in [5, 5.41) is 11.0. The van der Waals surface area contributed by atoms with Crippen molar-refractivity contribution < 1.29 is 19.5 Å². The molecule has 0 atom stereocenters. The van der Waals surface area contributed by atoms with Crippen molar-refractivity contribution in [2.45, 2.75) is 6.92 Å². The van der Waals surface area contributed by atoms with Crippen molar-refractivity contribution in [1.82, 2.24) is 5.32 Å². The Morgan fingerprint density at radius 1 is 1.24 bits per heavy atom. The minimum Gasteiger partial charge on any atom is -0.478 e. The van der Waals surface area contributed by atoms with Gasteiger partial charge in [-0.2, -0.15) is 0 Å². The van der Waals surface area contributed by atoms with Crippen molar-refractivity contribution in [3.05, 3.63) is 41.0 Å². The molecular weight excluding hydrogens is 222 g/mol. The molecule has 1 aliphatic heterocycles. The van der Waals surface area contributed by atoms with E-state index < -0.39 is 17.8 Å². The highest BCUT2D eigenvalue weighted by Gasteiger charge is 2.28. The standard InChI is InChI=1S/C12H9NO4/c1-6-9(11(15)13-10(6)14)7-3-2-4-8(5-7)12(16)17/h2-5H,1H3,(H,16,17)(H,13,14,15). The van der Waals surface area contributed by atoms with Gasteiger partial charge in [0.05, 0.1) is 11.1 Å². The van der Waals surface area contributed by atoms with Crippen molar-refractivity contribution in [2.75, 3.05) is 0 Å². The van der Waals surface area contributed by atoms with Crippen LogP contribution in [0.1, 0.15) is 22.8 Å². The van der Waals surface area contributed by atoms with Gasteiger partial charge in [-0.3, -0.25) is 14.9 Å². The molecule has 86 valence electrons. The molecule has 2 rings (SSSR count). The van der Waals surface area contributed by atoms with E-state index in [-0.39, 0.29) is 11.1 Å². The highest BCUT2D eigenvalue weighted by Crippen LogP contribution is 2.24. The summed E-state index contributed by atoms with van der Waals surface area (Å²) in [7, 11) is 0. The summed E-state index contributed by atoms with van der Waals surface area (Å²) in [6.07, 6.45) is 0. The fraction of sp³-hybridized carbons (Fsp3) is 0.0833. The molecule has 5 heteroatoms. The number of carbonyl (C=O) groups is 3. The first-order valence-corrected chi connectivity index (χ1v) is 4.91. The van der Waals surface area contributed by atoms with Crippen LogP contribution in [0.5, 0.6) is 0 Å². The van der Waals surface area contributed by atoms with Gasteiger partial charge in [-0.15, -0.1) is 0 Å². The predicted octanol–water partition coefficient (Wildman–Crippen LogP) is 0.815. The molecule has 0 bridgehead atoms. The van der Waals surface area contributed by atoms with Crippen molar-refractivity contribution in [1.29, 1.82) is 0 Å². The molecule has 5 nitrogen and oxygen atoms in total. The molecule has 1 heterocycles. The molecular formula is C12H9NO4. The summed E-state index contributed by atoms with van der Waals surface area (Å²) in [4.78, 5) is 33.6. The van der Waals surface area contributed by atoms with Crippen molar-refractivity contribution in [2.24, 2.45) is 0 Å². The second-order valence-corrected chi connectivity index (χ2v) is 3.67. The summed E-state index contributed by atoms with van der Waals surface area (Å²) < 4.78 is 0. The topological polar surface area (TPSA) is 83.5 Å². The zero-order valence-electron chi connectivity index (χ0n) is 8.98. The molecule has 17 heavy (non-hydrogen) atoms. The first-order valence-electron chi connectivity index (χ1n) is 4.91. The van der Waals surface area contributed by atoms with E-state index in [1.165, 1.54) is 25.1 Å². The van der Waals surface area contributed by atoms with E-state index in [0.29, 0.717) is 11.1 Å². The van der Waals surface area contributed by atoms with Crippen LogP contribution in [-0.4, -0.2) is 22.9 Å². The van der Waals surface area contributed by atoms with Crippen LogP contribution in [0.2, 0.25) is 0 Å². The first kappa shape index (κ1) is 11.1. The molecule has 0 spiro atoms. The Morgan fingerprint density at radius 3 is 2.47 bits per heavy atom. The Balaban J connectivity index is 2.55. The number of carboxylic acid groups (broad SMARTS) is 1. The van der Waals surface area contributed by atoms with Crippen LogP contribution in [0.3, 0.4) is 0 Å². The Bertz CT molecular complexity index is 572. The molecule has 0 saturated carbocycles. The molecule has 0 aromatic heterocycles. The highest BCUT2D eigenvalue weighted by molar-refractivity contribution is 6.35. The van der Waals surface area contributed by atoms with E-state index in [4.69, 9.17) is 5.11 Å². The second-order valence-electron chi connectivity index (χ2n) is 3.67. The molecule has 0 saturated heterocycles. The summed E-state index contributed by atoms with van der Waals surface area (Å²) in [5.41, 5.74) is 1.05. The summed E-state index contributed by atoms with van der Waals surface area (Å²) in [5.74, 6) is -2.00. The summed E-state index contributed by atoms with van der Waals surface area (Å²) in [6, 6.07) is 5.94. The molecule has 0 unspecified atom stereocenters. The average Bonchev–Trinajstić information content (AvgIpc) is 2.53. The molecule has 0 aliphatic carbocycles. The van der Waals surface area contributed by atoms with Crippen LogP contribution in [0.15, 0.2) is 29.8 Å². The third-order valence-corrected chi connectivity index (χ3v) is 2.57. The van der Waals surface area contributed by atoms with Crippen LogP contribution in [0.25, 0.3) is 5.57 Å². The van der Waals surface area contributed by atoms with E-state index in [1.807, 2.05) is 0 Å². The Labute approximate surface area is 96.8 Å². The van der Waals surface area contributed by atoms with Crippen molar-refractivity contribution >= 4 is 23.4 Å². The molecule has 1 aromatic carbocycles. The fourth-order valence-corrected chi connectivity index (χ4v) is 1.70. The molecule has 2 amide bonds. The number of hydrogen-bond donors (Lipinski definition) is 2. The van der Waals surface area contributed by atoms with Crippen LogP contribution in [0.4, 0.5) is 0 Å². The van der Waals surface area contributed by atoms with Gasteiger partial charge >= 0.3 is 5.97 Å². The van der Waals surface area contributed by atoms with Gasteiger partial charge in [0.2, 0.25) is 0 Å². The third-order valence-electron chi connectivity index (χ3n) is 2.57. The summed E-state index contributed by atoms with van der Waals surface area (Å²) in [6.45, 7) is 1.53. The normalized spacial score (nSPS) is 15.1. The second kappa shape index (κ2) is 3.86. The molecule has 2 N–H and O–H groups in total. The lowest BCUT2D eigenvalue weighted by Gasteiger charge is -2.02.